The molecule has 7 heteroatoms. The van der Waals surface area contributed by atoms with Crippen LogP contribution in [0.2, 0.25) is 0 Å². The van der Waals surface area contributed by atoms with Crippen LogP contribution in [0, 0.1) is 0 Å². The molecule has 0 aliphatic rings. The zero-order valence-electron chi connectivity index (χ0n) is 14.9. The van der Waals surface area contributed by atoms with Gasteiger partial charge in [-0.3, -0.25) is 4.79 Å². The van der Waals surface area contributed by atoms with Gasteiger partial charge in [0.05, 0.1) is 24.1 Å². The maximum Gasteiger partial charge on any atom is 0.275 e. The third kappa shape index (κ3) is 3.88. The number of fused-ring (bicyclic) bond motifs is 2. The minimum atomic E-state index is -1.08. The number of carboxylic acids is 1. The third-order valence-corrected chi connectivity index (χ3v) is 4.04. The van der Waals surface area contributed by atoms with E-state index in [1.807, 2.05) is 48.7 Å². The third-order valence-electron chi connectivity index (χ3n) is 4.04. The Morgan fingerprint density at radius 3 is 2.59 bits per heavy atom. The fourth-order valence-corrected chi connectivity index (χ4v) is 3.00. The predicted octanol–water partition coefficient (Wildman–Crippen LogP) is 0.543. The number of nitrogens with zero attached hydrogens (tertiary/aromatic N) is 2. The van der Waals surface area contributed by atoms with Gasteiger partial charge in [-0.25, -0.2) is 4.98 Å². The molecule has 2 aromatic carbocycles. The summed E-state index contributed by atoms with van der Waals surface area (Å²) in [6, 6.07) is 15.6. The van der Waals surface area contributed by atoms with Crippen LogP contribution < -0.4 is 16.4 Å². The van der Waals surface area contributed by atoms with Gasteiger partial charge in [0.15, 0.2) is 0 Å². The molecule has 0 atom stereocenters. The molecule has 0 spiro atoms. The van der Waals surface area contributed by atoms with Crippen LogP contribution in [0.5, 0.6) is 0 Å². The first-order chi connectivity index (χ1) is 13.0. The summed E-state index contributed by atoms with van der Waals surface area (Å²) in [5, 5.41) is 9.93. The second kappa shape index (κ2) is 7.84. The Labute approximate surface area is 155 Å². The van der Waals surface area contributed by atoms with Gasteiger partial charge >= 0.3 is 0 Å². The van der Waals surface area contributed by atoms with Crippen LogP contribution in [0.1, 0.15) is 6.92 Å². The van der Waals surface area contributed by atoms with Gasteiger partial charge in [0.1, 0.15) is 5.69 Å². The smallest absolute Gasteiger partial charge is 0.275 e. The molecule has 0 saturated heterocycles. The number of aromatic amines is 1. The van der Waals surface area contributed by atoms with Gasteiger partial charge in [-0.15, -0.1) is 0 Å². The number of para-hydroxylation sites is 3. The van der Waals surface area contributed by atoms with Crippen molar-refractivity contribution in [3.63, 3.8) is 0 Å². The molecule has 4 rings (SSSR count). The zero-order valence-corrected chi connectivity index (χ0v) is 14.9. The fourth-order valence-electron chi connectivity index (χ4n) is 3.00. The van der Waals surface area contributed by atoms with Crippen molar-refractivity contribution in [1.82, 2.24) is 14.5 Å². The summed E-state index contributed by atoms with van der Waals surface area (Å²) < 4.78 is 2.13. The molecule has 0 saturated carbocycles. The molecular formula is C20H20N4O3. The normalized spacial score (nSPS) is 10.6. The lowest BCUT2D eigenvalue weighted by Crippen LogP contribution is -2.51. The second-order valence-electron chi connectivity index (χ2n) is 6.03. The Kier molecular flexibility index (Phi) is 5.33. The Hall–Kier alpha value is -3.45. The first-order valence-electron chi connectivity index (χ1n) is 8.55. The van der Waals surface area contributed by atoms with Gasteiger partial charge in [-0.1, -0.05) is 30.3 Å². The number of aromatic nitrogens is 3. The van der Waals surface area contributed by atoms with E-state index in [9.17, 15) is 4.79 Å². The highest BCUT2D eigenvalue weighted by molar-refractivity contribution is 5.95. The molecule has 138 valence electrons. The molecule has 0 aliphatic carbocycles. The number of hydrogen-bond acceptors (Lipinski definition) is 4. The summed E-state index contributed by atoms with van der Waals surface area (Å²) in [7, 11) is 0. The van der Waals surface area contributed by atoms with Crippen molar-refractivity contribution in [1.29, 1.82) is 0 Å². The first-order valence-corrected chi connectivity index (χ1v) is 8.55. The highest BCUT2D eigenvalue weighted by Gasteiger charge is 2.14. The number of carbonyl (C=O) groups excluding carboxylic acids is 1. The molecule has 27 heavy (non-hydrogen) atoms. The number of aliphatic carboxylic acids is 1. The molecule has 2 aromatic heterocycles. The summed E-state index contributed by atoms with van der Waals surface area (Å²) in [6.07, 6.45) is 2.00. The van der Waals surface area contributed by atoms with E-state index in [2.05, 4.69) is 26.3 Å². The molecule has 2 heterocycles. The van der Waals surface area contributed by atoms with Crippen LogP contribution in [0.25, 0.3) is 33.2 Å². The molecule has 0 fully saturated rings. The molecule has 4 aromatic rings. The average Bonchev–Trinajstić information content (AvgIpc) is 3.00. The summed E-state index contributed by atoms with van der Waals surface area (Å²) in [4.78, 5) is 28.9. The summed E-state index contributed by atoms with van der Waals surface area (Å²) >= 11 is 0. The van der Waals surface area contributed by atoms with Crippen LogP contribution in [0.15, 0.2) is 59.5 Å². The molecule has 4 N–H and O–H groups in total. The Balaban J connectivity index is 0.000000481. The maximum absolute atomic E-state index is 12.5. The van der Waals surface area contributed by atoms with Crippen molar-refractivity contribution in [2.45, 2.75) is 13.5 Å². The van der Waals surface area contributed by atoms with Gasteiger partial charge in [0, 0.05) is 28.6 Å². The van der Waals surface area contributed by atoms with E-state index < -0.39 is 5.97 Å². The highest BCUT2D eigenvalue weighted by Crippen LogP contribution is 2.28. The zero-order chi connectivity index (χ0) is 19.4. The molecule has 0 unspecified atom stereocenters. The van der Waals surface area contributed by atoms with Gasteiger partial charge in [-0.05, 0) is 25.1 Å². The first kappa shape index (κ1) is 18.3. The lowest BCUT2D eigenvalue weighted by Gasteiger charge is -2.01. The maximum atomic E-state index is 12.5. The van der Waals surface area contributed by atoms with E-state index in [4.69, 9.17) is 9.90 Å². The second-order valence-corrected chi connectivity index (χ2v) is 6.03. The standard InChI is InChI=1S/C18H16N4O.C2H4O2/c19-9-10-22-11-13(12-5-1-4-8-16(12)22)17-18(23)21-15-7-3-2-6-14(15)20-17;1-2(3)4/h1-8,11H,9-10,19H2,(H,21,23);1H3,(H,3,4). The summed E-state index contributed by atoms with van der Waals surface area (Å²) in [6.45, 7) is 2.58. The van der Waals surface area contributed by atoms with Crippen molar-refractivity contribution in [3.05, 3.63) is 65.1 Å². The number of hydrogen-bond donors (Lipinski definition) is 2. The minimum Gasteiger partial charge on any atom is -0.550 e. The number of rotatable bonds is 3. The number of nitrogens with one attached hydrogen (secondary N) is 1. The summed E-state index contributed by atoms with van der Waals surface area (Å²) in [5.74, 6) is -1.08. The molecule has 0 bridgehead atoms. The Morgan fingerprint density at radius 1 is 1.19 bits per heavy atom. The van der Waals surface area contributed by atoms with E-state index in [1.54, 1.807) is 0 Å². The van der Waals surface area contributed by atoms with Crippen LogP contribution in [-0.4, -0.2) is 27.0 Å². The Bertz CT molecular complexity index is 1160. The van der Waals surface area contributed by atoms with E-state index in [1.165, 1.54) is 0 Å². The van der Waals surface area contributed by atoms with E-state index in [-0.39, 0.29) is 5.56 Å². The van der Waals surface area contributed by atoms with Crippen molar-refractivity contribution in [3.8, 4) is 11.3 Å². The number of benzene rings is 2. The Morgan fingerprint density at radius 2 is 1.85 bits per heavy atom. The SMILES string of the molecule is CC(=O)[O-].[NH3+]CCn1cc(-c2nc3ccccc3[nH]c2=O)c2ccccc21. The van der Waals surface area contributed by atoms with Crippen LogP contribution in [0.4, 0.5) is 0 Å². The quantitative estimate of drug-likeness (QED) is 0.551. The lowest BCUT2D eigenvalue weighted by atomic mass is 10.1. The lowest BCUT2D eigenvalue weighted by molar-refractivity contribution is -0.369. The van der Waals surface area contributed by atoms with E-state index in [0.29, 0.717) is 5.69 Å². The largest absolute Gasteiger partial charge is 0.550 e. The van der Waals surface area contributed by atoms with Crippen LogP contribution in [-0.2, 0) is 11.3 Å². The predicted molar refractivity (Wildman–Crippen MR) is 102 cm³/mol. The number of H-pyrrole nitrogens is 1. The number of quaternary nitrogens is 1. The van der Waals surface area contributed by atoms with Gasteiger partial charge in [-0.2, -0.15) is 0 Å². The molecule has 0 aliphatic heterocycles. The number of carboxylic acid groups (broad SMARTS) is 1. The van der Waals surface area contributed by atoms with Gasteiger partial charge < -0.3 is 25.2 Å². The number of carbonyl (C=O) groups is 1. The average molecular weight is 364 g/mol. The van der Waals surface area contributed by atoms with Crippen molar-refractivity contribution >= 4 is 27.9 Å². The van der Waals surface area contributed by atoms with Crippen LogP contribution in [0.3, 0.4) is 0 Å². The minimum absolute atomic E-state index is 0.166. The monoisotopic (exact) mass is 364 g/mol. The fraction of sp³-hybridized carbons (Fsp3) is 0.150. The van der Waals surface area contributed by atoms with Gasteiger partial charge in [0.25, 0.3) is 5.56 Å². The molecule has 0 radical (unpaired) electrons. The van der Waals surface area contributed by atoms with Gasteiger partial charge in [0.2, 0.25) is 0 Å². The summed E-state index contributed by atoms with van der Waals surface area (Å²) in [5.41, 5.74) is 7.72. The van der Waals surface area contributed by atoms with Crippen molar-refractivity contribution < 1.29 is 15.6 Å². The van der Waals surface area contributed by atoms with Crippen molar-refractivity contribution in [2.24, 2.45) is 0 Å². The van der Waals surface area contributed by atoms with E-state index >= 15 is 0 Å². The highest BCUT2D eigenvalue weighted by atomic mass is 16.4. The molecule has 0 amide bonds. The molecular weight excluding hydrogens is 344 g/mol. The van der Waals surface area contributed by atoms with Crippen molar-refractivity contribution in [2.75, 3.05) is 6.54 Å². The van der Waals surface area contributed by atoms with E-state index in [0.717, 1.165) is 47.5 Å². The van der Waals surface area contributed by atoms with Crippen LogP contribution >= 0.6 is 0 Å². The molecule has 7 nitrogen and oxygen atoms in total. The topological polar surface area (TPSA) is 118 Å².